The van der Waals surface area contributed by atoms with Gasteiger partial charge in [0.15, 0.2) is 0 Å². The molecule has 0 aliphatic rings. The van der Waals surface area contributed by atoms with Crippen LogP contribution >= 0.6 is 0 Å². The molecule has 4 unspecified atom stereocenters. The summed E-state index contributed by atoms with van der Waals surface area (Å²) in [6, 6.07) is 23.0. The van der Waals surface area contributed by atoms with Gasteiger partial charge in [-0.1, -0.05) is 86.6 Å². The Hall–Kier alpha value is -4.61. The number of nitrogens with one attached hydrogen (secondary N) is 3. The number of carbonyl (C=O) groups is 3. The number of benzene rings is 3. The van der Waals surface area contributed by atoms with E-state index in [1.807, 2.05) is 104 Å². The molecule has 0 aromatic heterocycles. The molecule has 0 spiro atoms. The molecule has 11 heteroatoms. The number of hydrogen-bond donors (Lipinski definition) is 5. The van der Waals surface area contributed by atoms with E-state index in [0.29, 0.717) is 0 Å². The maximum absolute atomic E-state index is 13.8. The van der Waals surface area contributed by atoms with Gasteiger partial charge in [0.2, 0.25) is 5.91 Å². The van der Waals surface area contributed by atoms with Crippen molar-refractivity contribution in [2.45, 2.75) is 90.0 Å². The van der Waals surface area contributed by atoms with Crippen LogP contribution in [0.25, 0.3) is 0 Å². The average molecular weight is 677 g/mol. The van der Waals surface area contributed by atoms with Gasteiger partial charge in [0, 0.05) is 19.8 Å². The van der Waals surface area contributed by atoms with E-state index in [-0.39, 0.29) is 25.4 Å². The molecular formula is C38H52N4O7. The van der Waals surface area contributed by atoms with Crippen molar-refractivity contribution < 1.29 is 34.1 Å². The number of aliphatic hydroxyl groups excluding tert-OH is 2. The fraction of sp³-hybridized carbons (Fsp3) is 0.447. The van der Waals surface area contributed by atoms with Gasteiger partial charge in [-0.15, -0.1) is 0 Å². The van der Waals surface area contributed by atoms with E-state index in [2.05, 4.69) is 16.0 Å². The smallest absolute Gasteiger partial charge is 0.408 e. The zero-order chi connectivity index (χ0) is 36.1. The van der Waals surface area contributed by atoms with E-state index < -0.39 is 54.0 Å². The van der Waals surface area contributed by atoms with Crippen molar-refractivity contribution in [3.63, 3.8) is 0 Å². The lowest BCUT2D eigenvalue weighted by atomic mass is 9.90. The quantitative estimate of drug-likeness (QED) is 0.157. The van der Waals surface area contributed by atoms with Crippen molar-refractivity contribution in [1.82, 2.24) is 16.0 Å². The molecule has 0 bridgehead atoms. The molecule has 0 saturated heterocycles. The molecule has 11 nitrogen and oxygen atoms in total. The van der Waals surface area contributed by atoms with E-state index in [9.17, 15) is 24.6 Å². The molecular weight excluding hydrogens is 624 g/mol. The number of carbonyl (C=O) groups excluding carboxylic acids is 3. The maximum atomic E-state index is 13.8. The fourth-order valence-electron chi connectivity index (χ4n) is 5.20. The van der Waals surface area contributed by atoms with Gasteiger partial charge in [-0.25, -0.2) is 9.59 Å². The highest BCUT2D eigenvalue weighted by molar-refractivity contribution is 5.86. The molecule has 49 heavy (non-hydrogen) atoms. The number of hydrogen-bond acceptors (Lipinski definition) is 8. The second kappa shape index (κ2) is 18.2. The van der Waals surface area contributed by atoms with E-state index >= 15 is 0 Å². The molecule has 0 saturated carbocycles. The Morgan fingerprint density at radius 3 is 1.63 bits per heavy atom. The fourth-order valence-corrected chi connectivity index (χ4v) is 5.20. The third kappa shape index (κ3) is 13.1. The van der Waals surface area contributed by atoms with Crippen LogP contribution in [0.3, 0.4) is 0 Å². The number of anilines is 1. The lowest BCUT2D eigenvalue weighted by Crippen LogP contribution is -2.60. The van der Waals surface area contributed by atoms with Crippen molar-refractivity contribution in [3.05, 3.63) is 102 Å². The highest BCUT2D eigenvalue weighted by atomic mass is 16.6. The molecule has 3 amide bonds. The second-order valence-electron chi connectivity index (χ2n) is 13.7. The molecule has 5 N–H and O–H groups in total. The standard InChI is InChI=1S/C38H52N4O7/c1-25(2)32(41-36(46)48-24-28-18-20-29(21-19-28)42(6)7)35(45)39-30(22-26-14-10-8-11-15-26)33(43)34(44)31(23-27-16-12-9-13-17-27)40-37(47)49-38(3,4)5/h8-21,25,30-34,43-44H,22-24H2,1-7H3,(H,39,45)(H,40,47)(H,41,46)/t30?,31?,32-,33?,34?/m0/s1. The molecule has 3 rings (SSSR count). The number of nitrogens with zero attached hydrogens (tertiary/aromatic N) is 1. The Morgan fingerprint density at radius 2 is 1.18 bits per heavy atom. The van der Waals surface area contributed by atoms with Gasteiger partial charge < -0.3 is 40.5 Å². The van der Waals surface area contributed by atoms with Crippen LogP contribution in [0.1, 0.15) is 51.3 Å². The van der Waals surface area contributed by atoms with Gasteiger partial charge in [-0.2, -0.15) is 0 Å². The predicted octanol–water partition coefficient (Wildman–Crippen LogP) is 4.59. The summed E-state index contributed by atoms with van der Waals surface area (Å²) in [5.74, 6) is -0.903. The number of amides is 3. The summed E-state index contributed by atoms with van der Waals surface area (Å²) in [6.45, 7) is 8.76. The third-order valence-electron chi connectivity index (χ3n) is 7.85. The van der Waals surface area contributed by atoms with Crippen molar-refractivity contribution in [1.29, 1.82) is 0 Å². The summed E-state index contributed by atoms with van der Waals surface area (Å²) < 4.78 is 10.9. The van der Waals surface area contributed by atoms with Crippen molar-refractivity contribution in [2.24, 2.45) is 5.92 Å². The second-order valence-corrected chi connectivity index (χ2v) is 13.7. The maximum Gasteiger partial charge on any atom is 0.408 e. The molecule has 5 atom stereocenters. The minimum Gasteiger partial charge on any atom is -0.445 e. The van der Waals surface area contributed by atoms with Gasteiger partial charge in [-0.05, 0) is 68.4 Å². The minimum absolute atomic E-state index is 0.0148. The SMILES string of the molecule is CC(C)[C@H](NC(=O)OCc1ccc(N(C)C)cc1)C(=O)NC(Cc1ccccc1)C(O)C(O)C(Cc1ccccc1)NC(=O)OC(C)(C)C. The lowest BCUT2D eigenvalue weighted by molar-refractivity contribution is -0.126. The molecule has 0 heterocycles. The number of alkyl carbamates (subject to hydrolysis) is 2. The average Bonchev–Trinajstić information content (AvgIpc) is 3.05. The number of aliphatic hydroxyl groups is 2. The first-order valence-corrected chi connectivity index (χ1v) is 16.6. The van der Waals surface area contributed by atoms with Gasteiger partial charge >= 0.3 is 12.2 Å². The first-order chi connectivity index (χ1) is 23.1. The Bertz CT molecular complexity index is 1460. The largest absolute Gasteiger partial charge is 0.445 e. The Morgan fingerprint density at radius 1 is 0.694 bits per heavy atom. The molecule has 0 fully saturated rings. The van der Waals surface area contributed by atoms with Crippen LogP contribution in [0.5, 0.6) is 0 Å². The highest BCUT2D eigenvalue weighted by Gasteiger charge is 2.37. The van der Waals surface area contributed by atoms with Gasteiger partial charge in [0.1, 0.15) is 30.5 Å². The Labute approximate surface area is 290 Å². The molecule has 3 aromatic carbocycles. The summed E-state index contributed by atoms with van der Waals surface area (Å²) in [4.78, 5) is 41.4. The first-order valence-electron chi connectivity index (χ1n) is 16.6. The number of rotatable bonds is 15. The third-order valence-corrected chi connectivity index (χ3v) is 7.85. The van der Waals surface area contributed by atoms with Crippen molar-refractivity contribution in [3.8, 4) is 0 Å². The molecule has 3 aromatic rings. The summed E-state index contributed by atoms with van der Waals surface area (Å²) in [5, 5.41) is 31.5. The van der Waals surface area contributed by atoms with Crippen LogP contribution in [0.15, 0.2) is 84.9 Å². The normalized spacial score (nSPS) is 14.5. The van der Waals surface area contributed by atoms with Gasteiger partial charge in [0.25, 0.3) is 0 Å². The molecule has 0 radical (unpaired) electrons. The van der Waals surface area contributed by atoms with E-state index in [4.69, 9.17) is 9.47 Å². The topological polar surface area (TPSA) is 149 Å². The monoisotopic (exact) mass is 676 g/mol. The summed E-state index contributed by atoms with van der Waals surface area (Å²) in [5.41, 5.74) is 2.62. The molecule has 266 valence electrons. The summed E-state index contributed by atoms with van der Waals surface area (Å²) in [6.07, 6.45) is -4.22. The van der Waals surface area contributed by atoms with E-state index in [0.717, 1.165) is 22.4 Å². The van der Waals surface area contributed by atoms with Crippen LogP contribution in [-0.2, 0) is 33.7 Å². The van der Waals surface area contributed by atoms with Crippen LogP contribution in [-0.4, -0.2) is 78.3 Å². The first kappa shape index (κ1) is 38.8. The predicted molar refractivity (Wildman–Crippen MR) is 190 cm³/mol. The summed E-state index contributed by atoms with van der Waals surface area (Å²) in [7, 11) is 3.87. The Balaban J connectivity index is 1.79. The molecule has 0 aliphatic carbocycles. The van der Waals surface area contributed by atoms with E-state index in [1.54, 1.807) is 34.6 Å². The Kier molecular flexibility index (Phi) is 14.5. The zero-order valence-electron chi connectivity index (χ0n) is 29.6. The zero-order valence-corrected chi connectivity index (χ0v) is 29.6. The van der Waals surface area contributed by atoms with E-state index in [1.165, 1.54) is 0 Å². The lowest BCUT2D eigenvalue weighted by Gasteiger charge is -2.34. The van der Waals surface area contributed by atoms with Crippen LogP contribution < -0.4 is 20.9 Å². The number of ether oxygens (including phenoxy) is 2. The van der Waals surface area contributed by atoms with Gasteiger partial charge in [0.05, 0.1) is 12.1 Å². The van der Waals surface area contributed by atoms with Crippen LogP contribution in [0, 0.1) is 5.92 Å². The molecule has 0 aliphatic heterocycles. The van der Waals surface area contributed by atoms with Crippen molar-refractivity contribution in [2.75, 3.05) is 19.0 Å². The van der Waals surface area contributed by atoms with Crippen molar-refractivity contribution >= 4 is 23.8 Å². The highest BCUT2D eigenvalue weighted by Crippen LogP contribution is 2.17. The van der Waals surface area contributed by atoms with Crippen LogP contribution in [0.4, 0.5) is 15.3 Å². The minimum atomic E-state index is -1.53. The van der Waals surface area contributed by atoms with Gasteiger partial charge in [-0.3, -0.25) is 4.79 Å². The summed E-state index contributed by atoms with van der Waals surface area (Å²) >= 11 is 0. The van der Waals surface area contributed by atoms with Crippen LogP contribution in [0.2, 0.25) is 0 Å².